The van der Waals surface area contributed by atoms with Crippen LogP contribution in [0.25, 0.3) is 0 Å². The minimum Gasteiger partial charge on any atom is -0.454 e. The van der Waals surface area contributed by atoms with E-state index in [1.54, 1.807) is 30.3 Å². The Morgan fingerprint density at radius 1 is 0.875 bits per heavy atom. The van der Waals surface area contributed by atoms with E-state index in [1.165, 1.54) is 16.4 Å². The summed E-state index contributed by atoms with van der Waals surface area (Å²) in [6.07, 6.45) is 0.502. The van der Waals surface area contributed by atoms with E-state index in [4.69, 9.17) is 9.47 Å². The van der Waals surface area contributed by atoms with E-state index < -0.39 is 10.0 Å². The predicted molar refractivity (Wildman–Crippen MR) is 120 cm³/mol. The molecule has 0 unspecified atom stereocenters. The molecule has 1 amide bonds. The average Bonchev–Trinajstić information content (AvgIpc) is 3.29. The van der Waals surface area contributed by atoms with Crippen LogP contribution in [0.5, 0.6) is 11.5 Å². The molecule has 0 fully saturated rings. The maximum absolute atomic E-state index is 13.2. The van der Waals surface area contributed by atoms with E-state index in [1.807, 2.05) is 36.4 Å². The van der Waals surface area contributed by atoms with E-state index in [0.29, 0.717) is 17.9 Å². The monoisotopic (exact) mass is 452 g/mol. The minimum atomic E-state index is -3.82. The normalized spacial score (nSPS) is 12.7. The van der Waals surface area contributed by atoms with Gasteiger partial charge in [-0.1, -0.05) is 54.6 Å². The van der Waals surface area contributed by atoms with E-state index in [-0.39, 0.29) is 37.2 Å². The van der Waals surface area contributed by atoms with Crippen molar-refractivity contribution >= 4 is 15.9 Å². The Labute approximate surface area is 187 Å². The van der Waals surface area contributed by atoms with Gasteiger partial charge in [-0.15, -0.1) is 0 Å². The van der Waals surface area contributed by atoms with Crippen LogP contribution in [0.15, 0.2) is 83.8 Å². The van der Waals surface area contributed by atoms with Crippen molar-refractivity contribution < 1.29 is 22.7 Å². The molecule has 0 aromatic heterocycles. The lowest BCUT2D eigenvalue weighted by Gasteiger charge is -2.22. The van der Waals surface area contributed by atoms with Crippen molar-refractivity contribution in [3.05, 3.63) is 90.0 Å². The van der Waals surface area contributed by atoms with Crippen molar-refractivity contribution in [2.45, 2.75) is 17.9 Å². The van der Waals surface area contributed by atoms with Crippen LogP contribution in [-0.2, 0) is 27.8 Å². The summed E-state index contributed by atoms with van der Waals surface area (Å²) >= 11 is 0. The molecule has 7 nitrogen and oxygen atoms in total. The number of nitrogens with one attached hydrogen (secondary N) is 1. The first-order valence-corrected chi connectivity index (χ1v) is 11.7. The Bertz CT molecular complexity index is 1170. The Morgan fingerprint density at radius 3 is 2.31 bits per heavy atom. The van der Waals surface area contributed by atoms with Crippen LogP contribution < -0.4 is 14.8 Å². The highest BCUT2D eigenvalue weighted by atomic mass is 32.2. The SMILES string of the molecule is O=C(CN(CCc1ccccc1)S(=O)(=O)c1ccccc1)NCc1ccc2c(c1)OCO2. The van der Waals surface area contributed by atoms with Gasteiger partial charge in [0.15, 0.2) is 11.5 Å². The first-order valence-electron chi connectivity index (χ1n) is 10.3. The maximum Gasteiger partial charge on any atom is 0.243 e. The number of benzene rings is 3. The second-order valence-corrected chi connectivity index (χ2v) is 9.29. The fourth-order valence-electron chi connectivity index (χ4n) is 3.39. The Hall–Kier alpha value is -3.36. The molecule has 8 heteroatoms. The van der Waals surface area contributed by atoms with Gasteiger partial charge in [0, 0.05) is 13.1 Å². The molecule has 1 heterocycles. The van der Waals surface area contributed by atoms with Crippen LogP contribution >= 0.6 is 0 Å². The highest BCUT2D eigenvalue weighted by molar-refractivity contribution is 7.89. The van der Waals surface area contributed by atoms with Gasteiger partial charge in [-0.3, -0.25) is 4.79 Å². The molecule has 0 aliphatic carbocycles. The largest absolute Gasteiger partial charge is 0.454 e. The molecule has 1 aliphatic heterocycles. The predicted octanol–water partition coefficient (Wildman–Crippen LogP) is 2.97. The summed E-state index contributed by atoms with van der Waals surface area (Å²) in [5, 5.41) is 2.80. The number of fused-ring (bicyclic) bond motifs is 1. The number of hydrogen-bond acceptors (Lipinski definition) is 5. The van der Waals surface area contributed by atoms with E-state index in [2.05, 4.69) is 5.32 Å². The number of hydrogen-bond donors (Lipinski definition) is 1. The van der Waals surface area contributed by atoms with Crippen molar-refractivity contribution in [3.8, 4) is 11.5 Å². The third kappa shape index (κ3) is 5.27. The Balaban J connectivity index is 1.44. The molecule has 32 heavy (non-hydrogen) atoms. The van der Waals surface area contributed by atoms with E-state index >= 15 is 0 Å². The zero-order valence-corrected chi connectivity index (χ0v) is 18.3. The summed E-state index contributed by atoms with van der Waals surface area (Å²) in [6, 6.07) is 23.2. The topological polar surface area (TPSA) is 84.9 Å². The van der Waals surface area contributed by atoms with Crippen molar-refractivity contribution in [1.29, 1.82) is 0 Å². The molecule has 0 spiro atoms. The third-order valence-corrected chi connectivity index (χ3v) is 6.98. The smallest absolute Gasteiger partial charge is 0.243 e. The summed E-state index contributed by atoms with van der Waals surface area (Å²) in [7, 11) is -3.82. The number of nitrogens with zero attached hydrogens (tertiary/aromatic N) is 1. The summed E-state index contributed by atoms with van der Waals surface area (Å²) < 4.78 is 38.3. The fraction of sp³-hybridized carbons (Fsp3) is 0.208. The molecule has 1 N–H and O–H groups in total. The van der Waals surface area contributed by atoms with Gasteiger partial charge in [0.1, 0.15) is 0 Å². The number of sulfonamides is 1. The average molecular weight is 453 g/mol. The van der Waals surface area contributed by atoms with Gasteiger partial charge in [0.25, 0.3) is 0 Å². The van der Waals surface area contributed by atoms with Gasteiger partial charge in [-0.2, -0.15) is 4.31 Å². The van der Waals surface area contributed by atoms with E-state index in [0.717, 1.165) is 11.1 Å². The number of ether oxygens (including phenoxy) is 2. The maximum atomic E-state index is 13.2. The highest BCUT2D eigenvalue weighted by Gasteiger charge is 2.26. The highest BCUT2D eigenvalue weighted by Crippen LogP contribution is 2.32. The lowest BCUT2D eigenvalue weighted by atomic mass is 10.1. The van der Waals surface area contributed by atoms with Gasteiger partial charge in [-0.05, 0) is 41.8 Å². The molecule has 0 saturated heterocycles. The lowest BCUT2D eigenvalue weighted by molar-refractivity contribution is -0.121. The molecule has 3 aromatic carbocycles. The standard InChI is InChI=1S/C24H24N2O5S/c27-24(25-16-20-11-12-22-23(15-20)31-18-30-22)17-26(14-13-19-7-3-1-4-8-19)32(28,29)21-9-5-2-6-10-21/h1-12,15H,13-14,16-18H2,(H,25,27). The van der Waals surface area contributed by atoms with Crippen molar-refractivity contribution in [3.63, 3.8) is 0 Å². The minimum absolute atomic E-state index is 0.164. The van der Waals surface area contributed by atoms with Gasteiger partial charge in [-0.25, -0.2) is 8.42 Å². The first-order chi connectivity index (χ1) is 15.5. The van der Waals surface area contributed by atoms with Crippen LogP contribution in [0.1, 0.15) is 11.1 Å². The van der Waals surface area contributed by atoms with Crippen LogP contribution in [0.2, 0.25) is 0 Å². The molecule has 4 rings (SSSR count). The van der Waals surface area contributed by atoms with Gasteiger partial charge < -0.3 is 14.8 Å². The second-order valence-electron chi connectivity index (χ2n) is 7.35. The molecular formula is C24H24N2O5S. The summed E-state index contributed by atoms with van der Waals surface area (Å²) in [4.78, 5) is 12.8. The summed E-state index contributed by atoms with van der Waals surface area (Å²) in [5.41, 5.74) is 1.84. The first kappa shape index (κ1) is 21.9. The second kappa shape index (κ2) is 9.84. The van der Waals surface area contributed by atoms with Gasteiger partial charge in [0.2, 0.25) is 22.7 Å². The van der Waals surface area contributed by atoms with Crippen molar-refractivity contribution in [2.75, 3.05) is 19.9 Å². The summed E-state index contributed by atoms with van der Waals surface area (Å²) in [5.74, 6) is 0.921. The Morgan fingerprint density at radius 2 is 1.56 bits per heavy atom. The van der Waals surface area contributed by atoms with Gasteiger partial charge >= 0.3 is 0 Å². The van der Waals surface area contributed by atoms with Crippen LogP contribution in [-0.4, -0.2) is 38.5 Å². The number of carbonyl (C=O) groups excluding carboxylic acids is 1. The molecular weight excluding hydrogens is 428 g/mol. The van der Waals surface area contributed by atoms with Crippen LogP contribution in [0, 0.1) is 0 Å². The molecule has 3 aromatic rings. The molecule has 0 saturated carbocycles. The molecule has 0 bridgehead atoms. The zero-order chi connectivity index (χ0) is 22.4. The fourth-order valence-corrected chi connectivity index (χ4v) is 4.81. The molecule has 166 valence electrons. The van der Waals surface area contributed by atoms with Crippen LogP contribution in [0.3, 0.4) is 0 Å². The molecule has 0 radical (unpaired) electrons. The van der Waals surface area contributed by atoms with Gasteiger partial charge in [0.05, 0.1) is 11.4 Å². The van der Waals surface area contributed by atoms with Crippen molar-refractivity contribution in [1.82, 2.24) is 9.62 Å². The third-order valence-electron chi connectivity index (χ3n) is 5.12. The number of rotatable bonds is 9. The van der Waals surface area contributed by atoms with Crippen molar-refractivity contribution in [2.24, 2.45) is 0 Å². The molecule has 0 atom stereocenters. The van der Waals surface area contributed by atoms with E-state index in [9.17, 15) is 13.2 Å². The Kier molecular flexibility index (Phi) is 6.72. The number of amides is 1. The summed E-state index contributed by atoms with van der Waals surface area (Å²) in [6.45, 7) is 0.361. The van der Waals surface area contributed by atoms with Crippen LogP contribution in [0.4, 0.5) is 0 Å². The lowest BCUT2D eigenvalue weighted by Crippen LogP contribution is -2.41. The zero-order valence-electron chi connectivity index (χ0n) is 17.4. The quantitative estimate of drug-likeness (QED) is 0.540. The molecule has 1 aliphatic rings. The number of carbonyl (C=O) groups is 1.